The summed E-state index contributed by atoms with van der Waals surface area (Å²) in [5.74, 6) is 0.403. The highest BCUT2D eigenvalue weighted by atomic mass is 19.1. The van der Waals surface area contributed by atoms with Crippen molar-refractivity contribution in [1.29, 1.82) is 0 Å². The van der Waals surface area contributed by atoms with E-state index in [-0.39, 0.29) is 18.6 Å². The molecule has 0 saturated carbocycles. The van der Waals surface area contributed by atoms with Crippen molar-refractivity contribution in [1.82, 2.24) is 15.3 Å². The average Bonchev–Trinajstić information content (AvgIpc) is 3.13. The van der Waals surface area contributed by atoms with Crippen molar-refractivity contribution >= 4 is 5.91 Å². The fourth-order valence-corrected chi connectivity index (χ4v) is 2.48. The van der Waals surface area contributed by atoms with Crippen molar-refractivity contribution in [2.45, 2.75) is 12.5 Å². The zero-order valence-corrected chi connectivity index (χ0v) is 13.5. The highest BCUT2D eigenvalue weighted by Crippen LogP contribution is 2.17. The lowest BCUT2D eigenvalue weighted by Gasteiger charge is -2.18. The van der Waals surface area contributed by atoms with Gasteiger partial charge < -0.3 is 15.0 Å². The number of ether oxygens (including phenoxy) is 1. The maximum atomic E-state index is 13.1. The largest absolute Gasteiger partial charge is 0.484 e. The Morgan fingerprint density at radius 1 is 1.20 bits per heavy atom. The summed E-state index contributed by atoms with van der Waals surface area (Å²) in [6, 6.07) is 15.1. The van der Waals surface area contributed by atoms with Crippen LogP contribution in [0.3, 0.4) is 0 Å². The van der Waals surface area contributed by atoms with Gasteiger partial charge in [-0.15, -0.1) is 0 Å². The SMILES string of the molecule is O=C(COc1cccc(F)c1)N[C@@H](Cc1ncc[nH]1)c1ccccc1. The van der Waals surface area contributed by atoms with Crippen molar-refractivity contribution in [2.75, 3.05) is 6.61 Å². The Morgan fingerprint density at radius 2 is 2.04 bits per heavy atom. The Morgan fingerprint density at radius 3 is 2.76 bits per heavy atom. The average molecular weight is 339 g/mol. The third kappa shape index (κ3) is 4.91. The van der Waals surface area contributed by atoms with Crippen LogP contribution in [0.1, 0.15) is 17.4 Å². The van der Waals surface area contributed by atoms with Crippen molar-refractivity contribution in [3.8, 4) is 5.75 Å². The first-order valence-electron chi connectivity index (χ1n) is 7.91. The summed E-state index contributed by atoms with van der Waals surface area (Å²) < 4.78 is 18.5. The van der Waals surface area contributed by atoms with Crippen LogP contribution in [-0.4, -0.2) is 22.5 Å². The fourth-order valence-electron chi connectivity index (χ4n) is 2.48. The van der Waals surface area contributed by atoms with E-state index in [4.69, 9.17) is 4.74 Å². The molecule has 0 fully saturated rings. The van der Waals surface area contributed by atoms with Gasteiger partial charge in [-0.2, -0.15) is 0 Å². The molecule has 25 heavy (non-hydrogen) atoms. The van der Waals surface area contributed by atoms with Gasteiger partial charge in [0.25, 0.3) is 5.91 Å². The first-order chi connectivity index (χ1) is 12.2. The Bertz CT molecular complexity index is 807. The molecule has 0 radical (unpaired) electrons. The molecule has 6 heteroatoms. The molecule has 0 aliphatic heterocycles. The maximum Gasteiger partial charge on any atom is 0.258 e. The van der Waals surface area contributed by atoms with Gasteiger partial charge in [0, 0.05) is 24.9 Å². The quantitative estimate of drug-likeness (QED) is 0.695. The van der Waals surface area contributed by atoms with Crippen molar-refractivity contribution in [3.63, 3.8) is 0 Å². The number of hydrogen-bond acceptors (Lipinski definition) is 3. The van der Waals surface area contributed by atoms with Crippen LogP contribution in [0.2, 0.25) is 0 Å². The molecule has 1 heterocycles. The van der Waals surface area contributed by atoms with Gasteiger partial charge in [-0.1, -0.05) is 36.4 Å². The number of carbonyl (C=O) groups excluding carboxylic acids is 1. The number of hydrogen-bond donors (Lipinski definition) is 2. The van der Waals surface area contributed by atoms with Gasteiger partial charge >= 0.3 is 0 Å². The summed E-state index contributed by atoms with van der Waals surface area (Å²) in [7, 11) is 0. The van der Waals surface area contributed by atoms with Crippen LogP contribution in [0.25, 0.3) is 0 Å². The number of imidazole rings is 1. The van der Waals surface area contributed by atoms with Crippen LogP contribution in [0.15, 0.2) is 67.0 Å². The number of H-pyrrole nitrogens is 1. The molecule has 3 aromatic rings. The Kier molecular flexibility index (Phi) is 5.41. The highest BCUT2D eigenvalue weighted by molar-refractivity contribution is 5.78. The van der Waals surface area contributed by atoms with Crippen LogP contribution in [0.4, 0.5) is 4.39 Å². The first kappa shape index (κ1) is 16.7. The van der Waals surface area contributed by atoms with Crippen LogP contribution in [-0.2, 0) is 11.2 Å². The van der Waals surface area contributed by atoms with Gasteiger partial charge in [0.2, 0.25) is 0 Å². The Hall–Kier alpha value is -3.15. The number of aromatic nitrogens is 2. The van der Waals surface area contributed by atoms with Crippen LogP contribution >= 0.6 is 0 Å². The lowest BCUT2D eigenvalue weighted by Crippen LogP contribution is -2.34. The molecular formula is C19H18FN3O2. The molecular weight excluding hydrogens is 321 g/mol. The van der Waals surface area contributed by atoms with E-state index in [9.17, 15) is 9.18 Å². The molecule has 128 valence electrons. The van der Waals surface area contributed by atoms with Crippen molar-refractivity contribution < 1.29 is 13.9 Å². The summed E-state index contributed by atoms with van der Waals surface area (Å²) in [6.45, 7) is -0.190. The third-order valence-electron chi connectivity index (χ3n) is 3.66. The molecule has 1 atom stereocenters. The van der Waals surface area contributed by atoms with Crippen LogP contribution in [0, 0.1) is 5.82 Å². The van der Waals surface area contributed by atoms with Gasteiger partial charge in [0.15, 0.2) is 6.61 Å². The molecule has 0 aliphatic carbocycles. The zero-order valence-electron chi connectivity index (χ0n) is 13.5. The maximum absolute atomic E-state index is 13.1. The van der Waals surface area contributed by atoms with Crippen LogP contribution < -0.4 is 10.1 Å². The molecule has 0 spiro atoms. The number of amides is 1. The van der Waals surface area contributed by atoms with Gasteiger partial charge in [-0.05, 0) is 17.7 Å². The second kappa shape index (κ2) is 8.10. The number of halogens is 1. The molecule has 0 unspecified atom stereocenters. The van der Waals surface area contributed by atoms with E-state index in [0.717, 1.165) is 11.4 Å². The normalized spacial score (nSPS) is 11.7. The molecule has 0 aliphatic rings. The van der Waals surface area contributed by atoms with E-state index >= 15 is 0 Å². The Labute approximate surface area is 144 Å². The molecule has 1 aromatic heterocycles. The van der Waals surface area contributed by atoms with E-state index < -0.39 is 5.82 Å². The van der Waals surface area contributed by atoms with Crippen molar-refractivity contribution in [2.24, 2.45) is 0 Å². The third-order valence-corrected chi connectivity index (χ3v) is 3.66. The summed E-state index contributed by atoms with van der Waals surface area (Å²) in [6.07, 6.45) is 3.95. The standard InChI is InChI=1S/C19H18FN3O2/c20-15-7-4-8-16(11-15)25-13-19(24)23-17(12-18-21-9-10-22-18)14-5-2-1-3-6-14/h1-11,17H,12-13H2,(H,21,22)(H,23,24)/t17-/m0/s1. The zero-order chi connectivity index (χ0) is 17.5. The minimum Gasteiger partial charge on any atom is -0.484 e. The first-order valence-corrected chi connectivity index (χ1v) is 7.91. The fraction of sp³-hybridized carbons (Fsp3) is 0.158. The highest BCUT2D eigenvalue weighted by Gasteiger charge is 2.16. The summed E-state index contributed by atoms with van der Waals surface area (Å²) in [5, 5.41) is 2.94. The van der Waals surface area contributed by atoms with E-state index in [1.54, 1.807) is 18.5 Å². The minimum atomic E-state index is -0.405. The number of benzene rings is 2. The predicted octanol–water partition coefficient (Wildman–Crippen LogP) is 3.03. The molecule has 5 nitrogen and oxygen atoms in total. The lowest BCUT2D eigenvalue weighted by atomic mass is 10.0. The second-order valence-corrected chi connectivity index (χ2v) is 5.52. The summed E-state index contributed by atoms with van der Waals surface area (Å²) in [5.41, 5.74) is 0.970. The molecule has 0 saturated heterocycles. The minimum absolute atomic E-state index is 0.190. The molecule has 2 aromatic carbocycles. The molecule has 3 rings (SSSR count). The number of aromatic amines is 1. The molecule has 1 amide bonds. The van der Waals surface area contributed by atoms with Crippen molar-refractivity contribution in [3.05, 3.63) is 84.2 Å². The monoisotopic (exact) mass is 339 g/mol. The molecule has 2 N–H and O–H groups in total. The van der Waals surface area contributed by atoms with Gasteiger partial charge in [0.05, 0.1) is 6.04 Å². The second-order valence-electron chi connectivity index (χ2n) is 5.52. The number of nitrogens with one attached hydrogen (secondary N) is 2. The van der Waals surface area contributed by atoms with E-state index in [0.29, 0.717) is 12.2 Å². The predicted molar refractivity (Wildman–Crippen MR) is 91.5 cm³/mol. The summed E-state index contributed by atoms with van der Waals surface area (Å²) >= 11 is 0. The smallest absolute Gasteiger partial charge is 0.258 e. The molecule has 0 bridgehead atoms. The number of rotatable bonds is 7. The van der Waals surface area contributed by atoms with Gasteiger partial charge in [0.1, 0.15) is 17.4 Å². The number of carbonyl (C=O) groups is 1. The van der Waals surface area contributed by atoms with Crippen LogP contribution in [0.5, 0.6) is 5.75 Å². The van der Waals surface area contributed by atoms with E-state index in [1.165, 1.54) is 18.2 Å². The van der Waals surface area contributed by atoms with E-state index in [2.05, 4.69) is 15.3 Å². The number of nitrogens with zero attached hydrogens (tertiary/aromatic N) is 1. The van der Waals surface area contributed by atoms with Gasteiger partial charge in [-0.25, -0.2) is 9.37 Å². The Balaban J connectivity index is 1.64. The topological polar surface area (TPSA) is 67.0 Å². The summed E-state index contributed by atoms with van der Waals surface area (Å²) in [4.78, 5) is 19.5. The van der Waals surface area contributed by atoms with E-state index in [1.807, 2.05) is 30.3 Å². The van der Waals surface area contributed by atoms with Gasteiger partial charge in [-0.3, -0.25) is 4.79 Å². The lowest BCUT2D eigenvalue weighted by molar-refractivity contribution is -0.123.